The Kier molecular flexibility index (Phi) is 5.91. The monoisotopic (exact) mass is 227 g/mol. The van der Waals surface area contributed by atoms with E-state index >= 15 is 0 Å². The Labute approximate surface area is 96.5 Å². The average molecular weight is 227 g/mol. The molecule has 1 atom stereocenters. The predicted molar refractivity (Wildman–Crippen MR) is 66.4 cm³/mol. The largest absolute Gasteiger partial charge is 0.395 e. The van der Waals surface area contributed by atoms with Crippen LogP contribution in [0.1, 0.15) is 25.8 Å². The second-order valence-electron chi connectivity index (χ2n) is 3.94. The Balaban J connectivity index is 2.44. The zero-order valence-electron chi connectivity index (χ0n) is 9.65. The SMILES string of the molecule is CCCN(CCO)C(C)Cc1ccsc1. The minimum Gasteiger partial charge on any atom is -0.395 e. The van der Waals surface area contributed by atoms with Crippen molar-refractivity contribution in [3.05, 3.63) is 22.4 Å². The van der Waals surface area contributed by atoms with E-state index in [4.69, 9.17) is 5.11 Å². The van der Waals surface area contributed by atoms with E-state index in [9.17, 15) is 0 Å². The Morgan fingerprint density at radius 2 is 2.27 bits per heavy atom. The highest BCUT2D eigenvalue weighted by Crippen LogP contribution is 2.12. The molecule has 86 valence electrons. The molecule has 1 rings (SSSR count). The summed E-state index contributed by atoms with van der Waals surface area (Å²) >= 11 is 1.75. The number of hydrogen-bond acceptors (Lipinski definition) is 3. The molecule has 0 aliphatic carbocycles. The first kappa shape index (κ1) is 12.7. The van der Waals surface area contributed by atoms with Gasteiger partial charge in [-0.2, -0.15) is 11.3 Å². The van der Waals surface area contributed by atoms with E-state index in [1.54, 1.807) is 11.3 Å². The lowest BCUT2D eigenvalue weighted by Crippen LogP contribution is -2.37. The van der Waals surface area contributed by atoms with Crippen molar-refractivity contribution in [2.45, 2.75) is 32.7 Å². The summed E-state index contributed by atoms with van der Waals surface area (Å²) < 4.78 is 0. The summed E-state index contributed by atoms with van der Waals surface area (Å²) in [6.07, 6.45) is 2.23. The van der Waals surface area contributed by atoms with Crippen molar-refractivity contribution >= 4 is 11.3 Å². The van der Waals surface area contributed by atoms with Crippen LogP contribution >= 0.6 is 11.3 Å². The first-order valence-corrected chi connectivity index (χ1v) is 6.58. The predicted octanol–water partition coefficient (Wildman–Crippen LogP) is 2.38. The number of thiophene rings is 1. The van der Waals surface area contributed by atoms with Crippen LogP contribution in [0.2, 0.25) is 0 Å². The van der Waals surface area contributed by atoms with Crippen LogP contribution in [0.5, 0.6) is 0 Å². The molecule has 2 nitrogen and oxygen atoms in total. The first-order chi connectivity index (χ1) is 7.27. The van der Waals surface area contributed by atoms with Gasteiger partial charge in [-0.15, -0.1) is 0 Å². The van der Waals surface area contributed by atoms with E-state index in [1.165, 1.54) is 5.56 Å². The summed E-state index contributed by atoms with van der Waals surface area (Å²) in [5.74, 6) is 0. The van der Waals surface area contributed by atoms with Crippen LogP contribution in [0.4, 0.5) is 0 Å². The van der Waals surface area contributed by atoms with Gasteiger partial charge in [-0.3, -0.25) is 4.90 Å². The minimum absolute atomic E-state index is 0.258. The fourth-order valence-electron chi connectivity index (χ4n) is 1.85. The molecule has 0 saturated carbocycles. The molecule has 1 aromatic heterocycles. The first-order valence-electron chi connectivity index (χ1n) is 5.64. The van der Waals surface area contributed by atoms with Gasteiger partial charge in [0.05, 0.1) is 6.61 Å². The molecule has 1 N–H and O–H groups in total. The van der Waals surface area contributed by atoms with Crippen molar-refractivity contribution in [2.24, 2.45) is 0 Å². The van der Waals surface area contributed by atoms with Crippen molar-refractivity contribution in [3.8, 4) is 0 Å². The van der Waals surface area contributed by atoms with Crippen molar-refractivity contribution in [3.63, 3.8) is 0 Å². The molecular formula is C12H21NOS. The number of hydrogen-bond donors (Lipinski definition) is 1. The normalized spacial score (nSPS) is 13.3. The van der Waals surface area contributed by atoms with Crippen LogP contribution in [-0.2, 0) is 6.42 Å². The number of aliphatic hydroxyl groups is 1. The van der Waals surface area contributed by atoms with Crippen LogP contribution in [0.15, 0.2) is 16.8 Å². The molecule has 1 heterocycles. The Bertz CT molecular complexity index is 242. The number of aliphatic hydroxyl groups excluding tert-OH is 1. The van der Waals surface area contributed by atoms with Crippen LogP contribution in [-0.4, -0.2) is 35.7 Å². The second kappa shape index (κ2) is 6.99. The maximum Gasteiger partial charge on any atom is 0.0558 e. The van der Waals surface area contributed by atoms with Gasteiger partial charge in [-0.25, -0.2) is 0 Å². The molecule has 0 radical (unpaired) electrons. The molecular weight excluding hydrogens is 206 g/mol. The molecule has 0 saturated heterocycles. The highest BCUT2D eigenvalue weighted by molar-refractivity contribution is 7.07. The minimum atomic E-state index is 0.258. The summed E-state index contributed by atoms with van der Waals surface area (Å²) in [6, 6.07) is 2.70. The van der Waals surface area contributed by atoms with Gasteiger partial charge in [0.1, 0.15) is 0 Å². The van der Waals surface area contributed by atoms with Gasteiger partial charge in [0, 0.05) is 12.6 Å². The van der Waals surface area contributed by atoms with E-state index in [-0.39, 0.29) is 6.61 Å². The van der Waals surface area contributed by atoms with Gasteiger partial charge in [0.25, 0.3) is 0 Å². The third-order valence-corrected chi connectivity index (χ3v) is 3.36. The van der Waals surface area contributed by atoms with Crippen molar-refractivity contribution in [1.82, 2.24) is 4.90 Å². The summed E-state index contributed by atoms with van der Waals surface area (Å²) in [6.45, 7) is 6.55. The molecule has 0 aromatic carbocycles. The fourth-order valence-corrected chi connectivity index (χ4v) is 2.53. The molecule has 1 unspecified atom stereocenters. The van der Waals surface area contributed by atoms with E-state index in [1.807, 2.05) is 0 Å². The fraction of sp³-hybridized carbons (Fsp3) is 0.667. The van der Waals surface area contributed by atoms with E-state index in [2.05, 4.69) is 35.6 Å². The Morgan fingerprint density at radius 3 is 2.80 bits per heavy atom. The maximum absolute atomic E-state index is 9.00. The molecule has 0 spiro atoms. The lowest BCUT2D eigenvalue weighted by Gasteiger charge is -2.27. The van der Waals surface area contributed by atoms with Crippen LogP contribution < -0.4 is 0 Å². The third kappa shape index (κ3) is 4.33. The molecule has 0 aliphatic heterocycles. The topological polar surface area (TPSA) is 23.5 Å². The second-order valence-corrected chi connectivity index (χ2v) is 4.72. The zero-order chi connectivity index (χ0) is 11.1. The van der Waals surface area contributed by atoms with Crippen LogP contribution in [0.25, 0.3) is 0 Å². The molecule has 0 aliphatic rings. The van der Waals surface area contributed by atoms with Gasteiger partial charge in [-0.05, 0) is 48.7 Å². The maximum atomic E-state index is 9.00. The van der Waals surface area contributed by atoms with Crippen LogP contribution in [0.3, 0.4) is 0 Å². The van der Waals surface area contributed by atoms with Gasteiger partial charge in [0.2, 0.25) is 0 Å². The average Bonchev–Trinajstić information content (AvgIpc) is 2.70. The molecule has 3 heteroatoms. The van der Waals surface area contributed by atoms with E-state index < -0.39 is 0 Å². The van der Waals surface area contributed by atoms with Gasteiger partial charge >= 0.3 is 0 Å². The molecule has 0 amide bonds. The number of nitrogens with zero attached hydrogens (tertiary/aromatic N) is 1. The summed E-state index contributed by atoms with van der Waals surface area (Å²) in [7, 11) is 0. The Hall–Kier alpha value is -0.380. The molecule has 1 aromatic rings. The van der Waals surface area contributed by atoms with Gasteiger partial charge in [-0.1, -0.05) is 6.92 Å². The van der Waals surface area contributed by atoms with E-state index in [0.29, 0.717) is 6.04 Å². The van der Waals surface area contributed by atoms with Crippen molar-refractivity contribution < 1.29 is 5.11 Å². The third-order valence-electron chi connectivity index (χ3n) is 2.63. The van der Waals surface area contributed by atoms with Crippen LogP contribution in [0, 0.1) is 0 Å². The highest BCUT2D eigenvalue weighted by Gasteiger charge is 2.12. The molecule has 0 bridgehead atoms. The molecule has 0 fully saturated rings. The zero-order valence-corrected chi connectivity index (χ0v) is 10.5. The van der Waals surface area contributed by atoms with Crippen molar-refractivity contribution in [1.29, 1.82) is 0 Å². The number of rotatable bonds is 7. The summed E-state index contributed by atoms with van der Waals surface area (Å²) in [5.41, 5.74) is 1.41. The molecule has 15 heavy (non-hydrogen) atoms. The lowest BCUT2D eigenvalue weighted by atomic mass is 10.1. The summed E-state index contributed by atoms with van der Waals surface area (Å²) in [4.78, 5) is 2.36. The lowest BCUT2D eigenvalue weighted by molar-refractivity contribution is 0.157. The quantitative estimate of drug-likeness (QED) is 0.773. The van der Waals surface area contributed by atoms with E-state index in [0.717, 1.165) is 25.9 Å². The summed E-state index contributed by atoms with van der Waals surface area (Å²) in [5, 5.41) is 13.3. The smallest absolute Gasteiger partial charge is 0.0558 e. The van der Waals surface area contributed by atoms with Gasteiger partial charge in [0.15, 0.2) is 0 Å². The Morgan fingerprint density at radius 1 is 1.47 bits per heavy atom. The van der Waals surface area contributed by atoms with Crippen molar-refractivity contribution in [2.75, 3.05) is 19.7 Å². The van der Waals surface area contributed by atoms with Gasteiger partial charge < -0.3 is 5.11 Å². The highest BCUT2D eigenvalue weighted by atomic mass is 32.1. The standard InChI is InChI=1S/C12H21NOS/c1-3-5-13(6-7-14)11(2)9-12-4-8-15-10-12/h4,8,10-11,14H,3,5-7,9H2,1-2H3.